The van der Waals surface area contributed by atoms with Gasteiger partial charge < -0.3 is 10.5 Å². The summed E-state index contributed by atoms with van der Waals surface area (Å²) >= 11 is 0. The lowest BCUT2D eigenvalue weighted by molar-refractivity contribution is -0.0483. The molecule has 0 saturated heterocycles. The van der Waals surface area contributed by atoms with Gasteiger partial charge in [-0.3, -0.25) is 0 Å². The third-order valence-electron chi connectivity index (χ3n) is 3.88. The zero-order chi connectivity index (χ0) is 14.8. The summed E-state index contributed by atoms with van der Waals surface area (Å²) in [4.78, 5) is 0. The summed E-state index contributed by atoms with van der Waals surface area (Å²) in [5.74, 6) is -1.59. The molecule has 0 amide bonds. The van der Waals surface area contributed by atoms with Gasteiger partial charge in [0.15, 0.2) is 0 Å². The summed E-state index contributed by atoms with van der Waals surface area (Å²) in [5, 5.41) is 0. The van der Waals surface area contributed by atoms with Crippen molar-refractivity contribution < 1.29 is 13.5 Å². The average Bonchev–Trinajstić information content (AvgIpc) is 2.37. The fourth-order valence-corrected chi connectivity index (χ4v) is 2.76. The predicted molar refractivity (Wildman–Crippen MR) is 76.0 cm³/mol. The van der Waals surface area contributed by atoms with E-state index in [0.717, 1.165) is 11.3 Å². The lowest BCUT2D eigenvalue weighted by Crippen LogP contribution is -2.31. The first-order chi connectivity index (χ1) is 9.37. The maximum atomic E-state index is 13.2. The number of halogens is 2. The minimum Gasteiger partial charge on any atom is -0.491 e. The van der Waals surface area contributed by atoms with E-state index in [9.17, 15) is 8.78 Å². The van der Waals surface area contributed by atoms with Crippen molar-refractivity contribution in [1.82, 2.24) is 0 Å². The largest absolute Gasteiger partial charge is 0.491 e. The van der Waals surface area contributed by atoms with Crippen LogP contribution in [0, 0.1) is 5.92 Å². The Kier molecular flexibility index (Phi) is 4.63. The van der Waals surface area contributed by atoms with Gasteiger partial charge in [-0.15, -0.1) is 0 Å². The first-order valence-electron chi connectivity index (χ1n) is 7.27. The summed E-state index contributed by atoms with van der Waals surface area (Å²) in [7, 11) is 0. The number of hydrogen-bond acceptors (Lipinski definition) is 2. The molecule has 112 valence electrons. The predicted octanol–water partition coefficient (Wildman–Crippen LogP) is 4.30. The van der Waals surface area contributed by atoms with E-state index >= 15 is 0 Å². The summed E-state index contributed by atoms with van der Waals surface area (Å²) in [6.45, 7) is 3.94. The second-order valence-corrected chi connectivity index (χ2v) is 5.96. The van der Waals surface area contributed by atoms with Gasteiger partial charge in [-0.1, -0.05) is 12.1 Å². The van der Waals surface area contributed by atoms with Crippen molar-refractivity contribution in [2.45, 2.75) is 57.6 Å². The van der Waals surface area contributed by atoms with Crippen molar-refractivity contribution in [3.05, 3.63) is 29.8 Å². The zero-order valence-electron chi connectivity index (χ0n) is 12.1. The minimum atomic E-state index is -2.50. The smallest absolute Gasteiger partial charge is 0.248 e. The molecule has 2 nitrogen and oxygen atoms in total. The molecule has 0 radical (unpaired) electrons. The molecule has 1 aromatic carbocycles. The van der Waals surface area contributed by atoms with Crippen molar-refractivity contribution in [3.63, 3.8) is 0 Å². The van der Waals surface area contributed by atoms with E-state index in [1.54, 1.807) is 0 Å². The second kappa shape index (κ2) is 6.08. The summed E-state index contributed by atoms with van der Waals surface area (Å²) in [6, 6.07) is 7.49. The molecule has 1 aliphatic rings. The van der Waals surface area contributed by atoms with Crippen molar-refractivity contribution in [2.24, 2.45) is 11.7 Å². The number of hydrogen-bond donors (Lipinski definition) is 1. The Morgan fingerprint density at radius 1 is 1.25 bits per heavy atom. The van der Waals surface area contributed by atoms with Gasteiger partial charge in [0.1, 0.15) is 5.75 Å². The van der Waals surface area contributed by atoms with Gasteiger partial charge >= 0.3 is 0 Å². The Bertz CT molecular complexity index is 438. The monoisotopic (exact) mass is 283 g/mol. The van der Waals surface area contributed by atoms with Crippen LogP contribution < -0.4 is 10.5 Å². The Labute approximate surface area is 119 Å². The molecule has 1 aliphatic carbocycles. The highest BCUT2D eigenvalue weighted by molar-refractivity contribution is 5.31. The van der Waals surface area contributed by atoms with E-state index < -0.39 is 5.92 Å². The van der Waals surface area contributed by atoms with E-state index in [4.69, 9.17) is 10.5 Å². The van der Waals surface area contributed by atoms with Gasteiger partial charge in [0, 0.05) is 18.9 Å². The topological polar surface area (TPSA) is 35.2 Å². The molecule has 1 atom stereocenters. The molecule has 2 N–H and O–H groups in total. The number of nitrogens with two attached hydrogens (primary N) is 1. The summed E-state index contributed by atoms with van der Waals surface area (Å²) in [5.41, 5.74) is 7.23. The van der Waals surface area contributed by atoms with Gasteiger partial charge in [0.25, 0.3) is 0 Å². The first-order valence-corrected chi connectivity index (χ1v) is 7.27. The molecule has 1 unspecified atom stereocenters. The van der Waals surface area contributed by atoms with E-state index in [1.165, 1.54) is 0 Å². The minimum absolute atomic E-state index is 0.0481. The second-order valence-electron chi connectivity index (χ2n) is 5.96. The highest BCUT2D eigenvalue weighted by Crippen LogP contribution is 2.40. The Balaban J connectivity index is 2.04. The molecule has 20 heavy (non-hydrogen) atoms. The molecular weight excluding hydrogens is 260 g/mol. The quantitative estimate of drug-likeness (QED) is 0.894. The number of ether oxygens (including phenoxy) is 1. The van der Waals surface area contributed by atoms with Crippen LogP contribution in [0.15, 0.2) is 24.3 Å². The van der Waals surface area contributed by atoms with Crippen molar-refractivity contribution in [1.29, 1.82) is 0 Å². The van der Waals surface area contributed by atoms with Gasteiger partial charge in [-0.2, -0.15) is 0 Å². The molecule has 1 aromatic rings. The van der Waals surface area contributed by atoms with E-state index in [-0.39, 0.29) is 30.9 Å². The standard InChI is InChI=1S/C16H23F2NO/c1-11(2)20-14-5-3-4-13(10-14)15(19)12-6-8-16(17,18)9-7-12/h3-5,10-12,15H,6-9,19H2,1-2H3. The maximum Gasteiger partial charge on any atom is 0.248 e. The van der Waals surface area contributed by atoms with Crippen LogP contribution in [-0.4, -0.2) is 12.0 Å². The van der Waals surface area contributed by atoms with Crippen LogP contribution in [0.3, 0.4) is 0 Å². The molecule has 0 heterocycles. The fraction of sp³-hybridized carbons (Fsp3) is 0.625. The van der Waals surface area contributed by atoms with Crippen molar-refractivity contribution in [2.75, 3.05) is 0 Å². The van der Waals surface area contributed by atoms with Crippen LogP contribution in [0.25, 0.3) is 0 Å². The van der Waals surface area contributed by atoms with Gasteiger partial charge in [-0.25, -0.2) is 8.78 Å². The summed E-state index contributed by atoms with van der Waals surface area (Å²) in [6.07, 6.45) is 0.989. The highest BCUT2D eigenvalue weighted by Gasteiger charge is 2.37. The van der Waals surface area contributed by atoms with Gasteiger partial charge in [0.2, 0.25) is 5.92 Å². The van der Waals surface area contributed by atoms with Gasteiger partial charge in [0.05, 0.1) is 6.10 Å². The lowest BCUT2D eigenvalue weighted by Gasteiger charge is -2.32. The first kappa shape index (κ1) is 15.2. The number of alkyl halides is 2. The molecule has 0 aliphatic heterocycles. The summed E-state index contributed by atoms with van der Waals surface area (Å²) < 4.78 is 32.0. The van der Waals surface area contributed by atoms with E-state index in [0.29, 0.717) is 12.8 Å². The van der Waals surface area contributed by atoms with Crippen molar-refractivity contribution >= 4 is 0 Å². The van der Waals surface area contributed by atoms with E-state index in [1.807, 2.05) is 38.1 Å². The Morgan fingerprint density at radius 3 is 2.50 bits per heavy atom. The fourth-order valence-electron chi connectivity index (χ4n) is 2.76. The number of rotatable bonds is 4. The molecule has 2 rings (SSSR count). The van der Waals surface area contributed by atoms with Crippen LogP contribution in [0.2, 0.25) is 0 Å². The Hall–Kier alpha value is -1.16. The molecule has 0 aromatic heterocycles. The number of benzene rings is 1. The normalized spacial score (nSPS) is 20.9. The lowest BCUT2D eigenvalue weighted by atomic mass is 9.80. The third kappa shape index (κ3) is 3.92. The molecule has 0 bridgehead atoms. The van der Waals surface area contributed by atoms with Crippen molar-refractivity contribution in [3.8, 4) is 5.75 Å². The molecule has 0 spiro atoms. The Morgan fingerprint density at radius 2 is 1.90 bits per heavy atom. The maximum absolute atomic E-state index is 13.2. The van der Waals surface area contributed by atoms with Crippen LogP contribution in [-0.2, 0) is 0 Å². The molecular formula is C16H23F2NO. The molecule has 4 heteroatoms. The SMILES string of the molecule is CC(C)Oc1cccc(C(N)C2CCC(F)(F)CC2)c1. The zero-order valence-corrected chi connectivity index (χ0v) is 12.1. The molecule has 1 fully saturated rings. The van der Waals surface area contributed by atoms with E-state index in [2.05, 4.69) is 0 Å². The van der Waals surface area contributed by atoms with Crippen LogP contribution in [0.1, 0.15) is 51.1 Å². The van der Waals surface area contributed by atoms with Crippen LogP contribution in [0.5, 0.6) is 5.75 Å². The molecule has 1 saturated carbocycles. The van der Waals surface area contributed by atoms with Gasteiger partial charge in [-0.05, 0) is 50.3 Å². The average molecular weight is 283 g/mol. The highest BCUT2D eigenvalue weighted by atomic mass is 19.3. The van der Waals surface area contributed by atoms with Crippen LogP contribution >= 0.6 is 0 Å². The van der Waals surface area contributed by atoms with Crippen LogP contribution in [0.4, 0.5) is 8.78 Å². The third-order valence-corrected chi connectivity index (χ3v) is 3.88.